The first kappa shape index (κ1) is 37.6. The number of phenolic OH excluding ortho intramolecular Hbond substituents is 5. The summed E-state index contributed by atoms with van der Waals surface area (Å²) in [5.74, 6) is -4.45. The van der Waals surface area contributed by atoms with Crippen molar-refractivity contribution in [3.63, 3.8) is 0 Å². The van der Waals surface area contributed by atoms with Crippen LogP contribution in [0.1, 0.15) is 74.8 Å². The molecule has 0 bridgehead atoms. The lowest BCUT2D eigenvalue weighted by Gasteiger charge is -2.38. The highest BCUT2D eigenvalue weighted by molar-refractivity contribution is 5.90. The Morgan fingerprint density at radius 2 is 1.13 bits per heavy atom. The van der Waals surface area contributed by atoms with Crippen molar-refractivity contribution < 1.29 is 25.5 Å². The number of allylic oxidation sites excluding steroid dienone is 11. The summed E-state index contributed by atoms with van der Waals surface area (Å²) >= 11 is 0. The molecule has 5 aromatic carbocycles. The average molecular weight is 792 g/mol. The number of aromatic hydroxyl groups is 5. The summed E-state index contributed by atoms with van der Waals surface area (Å²) in [7, 11) is 0. The lowest BCUT2D eigenvalue weighted by molar-refractivity contribution is 0.319. The van der Waals surface area contributed by atoms with E-state index in [1.54, 1.807) is 4.90 Å². The summed E-state index contributed by atoms with van der Waals surface area (Å²) in [6.45, 7) is 9.26. The summed E-state index contributed by atoms with van der Waals surface area (Å²) in [5.41, 5.74) is 10.5. The van der Waals surface area contributed by atoms with Crippen LogP contribution in [-0.2, 0) is 16.2 Å². The maximum Gasteiger partial charge on any atom is 0.208 e. The zero-order valence-electron chi connectivity index (χ0n) is 34.3. The quantitative estimate of drug-likeness (QED) is 0.0897. The predicted molar refractivity (Wildman–Crippen MR) is 239 cm³/mol. The second-order valence-corrected chi connectivity index (χ2v) is 18.4. The maximum absolute atomic E-state index is 11.8. The Bertz CT molecular complexity index is 2770. The number of phenols is 5. The van der Waals surface area contributed by atoms with Crippen molar-refractivity contribution in [3.8, 4) is 39.9 Å². The van der Waals surface area contributed by atoms with Gasteiger partial charge in [-0.1, -0.05) is 161 Å². The van der Waals surface area contributed by atoms with E-state index in [2.05, 4.69) is 155 Å². The normalized spacial score (nSPS) is 22.9. The minimum atomic E-state index is -0.997. The van der Waals surface area contributed by atoms with Crippen LogP contribution >= 0.6 is 0 Å². The summed E-state index contributed by atoms with van der Waals surface area (Å²) in [4.78, 5) is 1.75. The first-order valence-electron chi connectivity index (χ1n) is 20.8. The molecule has 0 radical (unpaired) electrons. The van der Waals surface area contributed by atoms with Crippen LogP contribution in [0.5, 0.6) is 28.7 Å². The van der Waals surface area contributed by atoms with E-state index >= 15 is 0 Å². The molecule has 5 N–H and O–H groups in total. The molecule has 10 rings (SSSR count). The fraction of sp³-hybridized carbons (Fsp3) is 0.222. The molecule has 5 aromatic rings. The Labute approximate surface area is 351 Å². The first-order valence-corrected chi connectivity index (χ1v) is 20.8. The second kappa shape index (κ2) is 13.2. The van der Waals surface area contributed by atoms with Crippen molar-refractivity contribution in [1.29, 1.82) is 0 Å². The number of anilines is 2. The molecule has 0 saturated heterocycles. The van der Waals surface area contributed by atoms with Gasteiger partial charge in [-0.05, 0) is 92.0 Å². The van der Waals surface area contributed by atoms with E-state index in [4.69, 9.17) is 0 Å². The van der Waals surface area contributed by atoms with Crippen molar-refractivity contribution in [2.24, 2.45) is 11.3 Å². The zero-order chi connectivity index (χ0) is 41.8. The lowest BCUT2D eigenvalue weighted by Crippen LogP contribution is -2.34. The number of fused-ring (bicyclic) bond motifs is 6. The molecule has 60 heavy (non-hydrogen) atoms. The SMILES string of the molecule is CC1(C)CC2(CC(C)(C)c3ccccc32)C2=C1C=C(N(c1ccc3c(c1)C(c1ccccc1)(C1C=CC=CC=C1)c1ccccc1-3)c1c(O)c(O)c(O)c(O)c1O)CC=C2. The third-order valence-electron chi connectivity index (χ3n) is 14.0. The van der Waals surface area contributed by atoms with Gasteiger partial charge in [0.05, 0.1) is 5.41 Å². The predicted octanol–water partition coefficient (Wildman–Crippen LogP) is 12.2. The molecule has 0 fully saturated rings. The van der Waals surface area contributed by atoms with Gasteiger partial charge >= 0.3 is 0 Å². The number of hydrogen-bond acceptors (Lipinski definition) is 6. The van der Waals surface area contributed by atoms with Gasteiger partial charge in [-0.25, -0.2) is 0 Å². The van der Waals surface area contributed by atoms with Crippen LogP contribution < -0.4 is 4.90 Å². The Balaban J connectivity index is 1.25. The van der Waals surface area contributed by atoms with Crippen LogP contribution in [-0.4, -0.2) is 25.5 Å². The van der Waals surface area contributed by atoms with Gasteiger partial charge in [0, 0.05) is 29.1 Å². The highest BCUT2D eigenvalue weighted by Gasteiger charge is 2.56. The summed E-state index contributed by atoms with van der Waals surface area (Å²) in [6.07, 6.45) is 21.6. The molecule has 0 heterocycles. The van der Waals surface area contributed by atoms with Gasteiger partial charge in [-0.2, -0.15) is 0 Å². The van der Waals surface area contributed by atoms with E-state index in [1.165, 1.54) is 16.7 Å². The molecule has 0 aliphatic heterocycles. The van der Waals surface area contributed by atoms with Crippen LogP contribution in [0.2, 0.25) is 0 Å². The second-order valence-electron chi connectivity index (χ2n) is 18.4. The van der Waals surface area contributed by atoms with Crippen molar-refractivity contribution in [3.05, 3.63) is 196 Å². The maximum atomic E-state index is 11.8. The van der Waals surface area contributed by atoms with E-state index in [-0.39, 0.29) is 27.9 Å². The van der Waals surface area contributed by atoms with E-state index in [0.29, 0.717) is 17.8 Å². The molecule has 0 aromatic heterocycles. The van der Waals surface area contributed by atoms with Crippen molar-refractivity contribution in [2.45, 2.75) is 63.2 Å². The Morgan fingerprint density at radius 3 is 1.83 bits per heavy atom. The molecule has 5 aliphatic carbocycles. The van der Waals surface area contributed by atoms with Crippen molar-refractivity contribution >= 4 is 11.4 Å². The van der Waals surface area contributed by atoms with Crippen LogP contribution in [0.25, 0.3) is 11.1 Å². The molecule has 0 amide bonds. The number of hydrogen-bond donors (Lipinski definition) is 5. The third-order valence-corrected chi connectivity index (χ3v) is 14.0. The van der Waals surface area contributed by atoms with Crippen molar-refractivity contribution in [1.82, 2.24) is 0 Å². The molecule has 6 heteroatoms. The van der Waals surface area contributed by atoms with Gasteiger partial charge in [-0.15, -0.1) is 0 Å². The molecule has 300 valence electrons. The smallest absolute Gasteiger partial charge is 0.208 e. The molecule has 6 nitrogen and oxygen atoms in total. The van der Waals surface area contributed by atoms with Crippen LogP contribution in [0.4, 0.5) is 11.4 Å². The van der Waals surface area contributed by atoms with E-state index < -0.39 is 34.2 Å². The highest BCUT2D eigenvalue weighted by atomic mass is 16.4. The minimum Gasteiger partial charge on any atom is -0.503 e. The summed E-state index contributed by atoms with van der Waals surface area (Å²) < 4.78 is 0. The van der Waals surface area contributed by atoms with Crippen molar-refractivity contribution in [2.75, 3.05) is 4.90 Å². The Hall–Kier alpha value is -6.66. The third kappa shape index (κ3) is 5.12. The fourth-order valence-electron chi connectivity index (χ4n) is 11.8. The zero-order valence-corrected chi connectivity index (χ0v) is 34.3. The minimum absolute atomic E-state index is 0.0302. The molecule has 2 atom stereocenters. The molecule has 0 saturated carbocycles. The van der Waals surface area contributed by atoms with Gasteiger partial charge < -0.3 is 30.4 Å². The van der Waals surface area contributed by atoms with Crippen LogP contribution in [0.3, 0.4) is 0 Å². The number of benzene rings is 5. The van der Waals surface area contributed by atoms with Gasteiger partial charge in [0.1, 0.15) is 5.69 Å². The highest BCUT2D eigenvalue weighted by Crippen LogP contribution is 2.66. The van der Waals surface area contributed by atoms with E-state index in [0.717, 1.165) is 46.2 Å². The average Bonchev–Trinajstić information content (AvgIpc) is 3.48. The monoisotopic (exact) mass is 791 g/mol. The molecule has 5 aliphatic rings. The van der Waals surface area contributed by atoms with Crippen LogP contribution in [0.15, 0.2) is 169 Å². The van der Waals surface area contributed by atoms with E-state index in [1.807, 2.05) is 24.3 Å². The molecule has 1 spiro atoms. The number of rotatable bonds is 5. The summed E-state index contributed by atoms with van der Waals surface area (Å²) in [5, 5.41) is 56.4. The topological polar surface area (TPSA) is 104 Å². The van der Waals surface area contributed by atoms with Gasteiger partial charge in [0.25, 0.3) is 0 Å². The van der Waals surface area contributed by atoms with E-state index in [9.17, 15) is 25.5 Å². The van der Waals surface area contributed by atoms with Gasteiger partial charge in [0.2, 0.25) is 17.2 Å². The number of nitrogens with zero attached hydrogens (tertiary/aromatic N) is 1. The molecule has 2 unspecified atom stereocenters. The fourth-order valence-corrected chi connectivity index (χ4v) is 11.8. The standard InChI is InChI=1S/C54H49NO5/c1-51(2)31-53(41-25-15-14-24-40(41)51)32-52(3,4)44-30-35(21-16-26-42(44)53)55(45-46(56)48(58)50(60)49(59)47(45)57)36-27-28-38-37-22-12-13-23-39(37)54(43(38)29-36,34-19-10-7-11-20-34)33-17-8-5-6-9-18-33/h5-20,22-30,33,56-60H,21,31-32H2,1-4H3. The lowest BCUT2D eigenvalue weighted by atomic mass is 9.64. The van der Waals surface area contributed by atoms with Gasteiger partial charge in [0.15, 0.2) is 11.5 Å². The Morgan fingerprint density at radius 1 is 0.550 bits per heavy atom. The van der Waals surface area contributed by atoms with Gasteiger partial charge in [-0.3, -0.25) is 0 Å². The molecular formula is C54H49NO5. The van der Waals surface area contributed by atoms with Crippen LogP contribution in [0, 0.1) is 11.3 Å². The first-order chi connectivity index (χ1) is 28.8. The Kier molecular flexibility index (Phi) is 8.25. The largest absolute Gasteiger partial charge is 0.503 e. The summed E-state index contributed by atoms with van der Waals surface area (Å²) in [6, 6.07) is 34.1. The molecular weight excluding hydrogens is 743 g/mol.